The minimum atomic E-state index is -0.561. The number of hydrogen-bond donors (Lipinski definition) is 0. The van der Waals surface area contributed by atoms with Gasteiger partial charge in [0.1, 0.15) is 0 Å². The maximum absolute atomic E-state index is 13.4. The Labute approximate surface area is 175 Å². The van der Waals surface area contributed by atoms with Crippen molar-refractivity contribution in [3.63, 3.8) is 0 Å². The van der Waals surface area contributed by atoms with Crippen molar-refractivity contribution in [1.29, 1.82) is 0 Å². The molecule has 0 radical (unpaired) electrons. The van der Waals surface area contributed by atoms with Crippen molar-refractivity contribution in [2.75, 3.05) is 34.2 Å². The van der Waals surface area contributed by atoms with Crippen LogP contribution in [0.1, 0.15) is 12.5 Å². The predicted molar refractivity (Wildman–Crippen MR) is 111 cm³/mol. The standard InChI is InChI=1S/C20H25ClN6O2/c1-13-11-26-16-17(22-19(26)25(13)10-9-23(2)3)24(4)20(29)27(18(16)28)12-14-7-5-6-8-15(14)21/h5-8,11,16-17H,9-10,12H2,1-4H3. The molecule has 154 valence electrons. The summed E-state index contributed by atoms with van der Waals surface area (Å²) in [4.78, 5) is 40.0. The number of urea groups is 1. The summed E-state index contributed by atoms with van der Waals surface area (Å²) in [7, 11) is 5.73. The molecule has 0 saturated carbocycles. The molecule has 9 heteroatoms. The van der Waals surface area contributed by atoms with Gasteiger partial charge in [-0.15, -0.1) is 0 Å². The van der Waals surface area contributed by atoms with Gasteiger partial charge in [0.2, 0.25) is 5.96 Å². The normalized spacial score (nSPS) is 23.7. The summed E-state index contributed by atoms with van der Waals surface area (Å²) in [5, 5.41) is 0.535. The number of aliphatic imine (C=N–C) groups is 1. The van der Waals surface area contributed by atoms with E-state index in [0.29, 0.717) is 5.02 Å². The smallest absolute Gasteiger partial charge is 0.313 e. The Morgan fingerprint density at radius 1 is 1.17 bits per heavy atom. The fourth-order valence-corrected chi connectivity index (χ4v) is 4.12. The zero-order chi connectivity index (χ0) is 20.9. The molecule has 2 unspecified atom stereocenters. The van der Waals surface area contributed by atoms with Crippen molar-refractivity contribution in [2.45, 2.75) is 25.7 Å². The number of guanidine groups is 1. The maximum Gasteiger partial charge on any atom is 0.328 e. The molecule has 8 nitrogen and oxygen atoms in total. The van der Waals surface area contributed by atoms with E-state index in [2.05, 4.69) is 9.80 Å². The number of imide groups is 1. The van der Waals surface area contributed by atoms with Crippen LogP contribution in [0.5, 0.6) is 0 Å². The fourth-order valence-electron chi connectivity index (χ4n) is 3.92. The van der Waals surface area contributed by atoms with E-state index in [1.54, 1.807) is 18.0 Å². The van der Waals surface area contributed by atoms with Gasteiger partial charge in [0.25, 0.3) is 5.91 Å². The van der Waals surface area contributed by atoms with Crippen LogP contribution in [0, 0.1) is 0 Å². The van der Waals surface area contributed by atoms with Crippen LogP contribution in [0.4, 0.5) is 4.79 Å². The molecule has 2 atom stereocenters. The number of amides is 3. The zero-order valence-corrected chi connectivity index (χ0v) is 17.8. The van der Waals surface area contributed by atoms with E-state index in [1.165, 1.54) is 4.90 Å². The number of carbonyl (C=O) groups excluding carboxylic acids is 2. The van der Waals surface area contributed by atoms with Crippen LogP contribution < -0.4 is 0 Å². The predicted octanol–water partition coefficient (Wildman–Crippen LogP) is 1.84. The lowest BCUT2D eigenvalue weighted by molar-refractivity contribution is -0.137. The molecule has 3 amide bonds. The molecule has 1 aromatic carbocycles. The monoisotopic (exact) mass is 416 g/mol. The van der Waals surface area contributed by atoms with Gasteiger partial charge >= 0.3 is 6.03 Å². The third-order valence-corrected chi connectivity index (χ3v) is 5.93. The van der Waals surface area contributed by atoms with Crippen LogP contribution in [0.25, 0.3) is 0 Å². The first kappa shape index (κ1) is 19.7. The van der Waals surface area contributed by atoms with E-state index in [0.717, 1.165) is 30.3 Å². The molecule has 0 bridgehead atoms. The van der Waals surface area contributed by atoms with E-state index in [-0.39, 0.29) is 18.5 Å². The highest BCUT2D eigenvalue weighted by Crippen LogP contribution is 2.34. The van der Waals surface area contributed by atoms with Gasteiger partial charge in [0, 0.05) is 37.1 Å². The molecule has 3 heterocycles. The van der Waals surface area contributed by atoms with E-state index in [4.69, 9.17) is 16.6 Å². The summed E-state index contributed by atoms with van der Waals surface area (Å²) in [6, 6.07) is 6.34. The van der Waals surface area contributed by atoms with Gasteiger partial charge in [0.05, 0.1) is 6.54 Å². The molecule has 3 aliphatic rings. The number of fused-ring (bicyclic) bond motifs is 3. The molecular formula is C20H25ClN6O2. The van der Waals surface area contributed by atoms with Gasteiger partial charge in [-0.3, -0.25) is 9.69 Å². The fraction of sp³-hybridized carbons (Fsp3) is 0.450. The lowest BCUT2D eigenvalue weighted by atomic mass is 10.1. The minimum Gasteiger partial charge on any atom is -0.313 e. The Balaban J connectivity index is 1.61. The Kier molecular flexibility index (Phi) is 5.00. The highest BCUT2D eigenvalue weighted by molar-refractivity contribution is 6.31. The third-order valence-electron chi connectivity index (χ3n) is 5.56. The van der Waals surface area contributed by atoms with Crippen LogP contribution in [-0.2, 0) is 11.3 Å². The minimum absolute atomic E-state index is 0.140. The second kappa shape index (κ2) is 7.35. The highest BCUT2D eigenvalue weighted by atomic mass is 35.5. The Morgan fingerprint density at radius 3 is 2.59 bits per heavy atom. The van der Waals surface area contributed by atoms with Gasteiger partial charge in [-0.05, 0) is 32.6 Å². The first-order chi connectivity index (χ1) is 13.8. The first-order valence-electron chi connectivity index (χ1n) is 9.58. The number of benzene rings is 1. The van der Waals surface area contributed by atoms with Crippen molar-refractivity contribution in [3.8, 4) is 0 Å². The van der Waals surface area contributed by atoms with Gasteiger partial charge in [-0.2, -0.15) is 0 Å². The van der Waals surface area contributed by atoms with Crippen molar-refractivity contribution >= 4 is 29.5 Å². The average molecular weight is 417 g/mol. The lowest BCUT2D eigenvalue weighted by Crippen LogP contribution is -2.63. The average Bonchev–Trinajstić information content (AvgIpc) is 3.18. The van der Waals surface area contributed by atoms with Crippen LogP contribution in [0.3, 0.4) is 0 Å². The van der Waals surface area contributed by atoms with Gasteiger partial charge in [-0.1, -0.05) is 29.8 Å². The number of allylic oxidation sites excluding steroid dienone is 1. The molecule has 4 rings (SSSR count). The van der Waals surface area contributed by atoms with Gasteiger partial charge in [-0.25, -0.2) is 9.79 Å². The van der Waals surface area contributed by atoms with Crippen LogP contribution in [0.2, 0.25) is 5.02 Å². The number of hydrogen-bond acceptors (Lipinski definition) is 6. The summed E-state index contributed by atoms with van der Waals surface area (Å²) in [5.41, 5.74) is 1.77. The van der Waals surface area contributed by atoms with Crippen molar-refractivity contribution < 1.29 is 9.59 Å². The Hall–Kier alpha value is -2.58. The molecule has 0 aromatic heterocycles. The van der Waals surface area contributed by atoms with Crippen molar-refractivity contribution in [1.82, 2.24) is 24.5 Å². The van der Waals surface area contributed by atoms with E-state index >= 15 is 0 Å². The Morgan fingerprint density at radius 2 is 1.90 bits per heavy atom. The molecule has 0 N–H and O–H groups in total. The largest absolute Gasteiger partial charge is 0.328 e. The highest BCUT2D eigenvalue weighted by Gasteiger charge is 2.54. The van der Waals surface area contributed by atoms with Crippen LogP contribution in [0.15, 0.2) is 41.2 Å². The van der Waals surface area contributed by atoms with Crippen molar-refractivity contribution in [3.05, 3.63) is 46.7 Å². The van der Waals surface area contributed by atoms with Gasteiger partial charge < -0.3 is 19.6 Å². The second-order valence-electron chi connectivity index (χ2n) is 7.83. The van der Waals surface area contributed by atoms with Crippen LogP contribution in [-0.4, -0.2) is 88.8 Å². The molecule has 1 aromatic rings. The summed E-state index contributed by atoms with van der Waals surface area (Å²) >= 11 is 6.26. The Bertz CT molecular complexity index is 914. The third kappa shape index (κ3) is 3.26. The number of nitrogens with zero attached hydrogens (tertiary/aromatic N) is 6. The number of halogens is 1. The molecule has 1 fully saturated rings. The molecular weight excluding hydrogens is 392 g/mol. The second-order valence-corrected chi connectivity index (χ2v) is 8.24. The van der Waals surface area contributed by atoms with Crippen LogP contribution >= 0.6 is 11.6 Å². The maximum atomic E-state index is 13.4. The number of likely N-dealkylation sites (N-methyl/N-ethyl adjacent to an activating group) is 2. The van der Waals surface area contributed by atoms with E-state index < -0.39 is 12.2 Å². The molecule has 3 aliphatic heterocycles. The van der Waals surface area contributed by atoms with E-state index in [1.807, 2.05) is 50.3 Å². The first-order valence-corrected chi connectivity index (χ1v) is 9.96. The van der Waals surface area contributed by atoms with Gasteiger partial charge in [0.15, 0.2) is 12.2 Å². The van der Waals surface area contributed by atoms with E-state index in [9.17, 15) is 9.59 Å². The molecule has 1 saturated heterocycles. The lowest BCUT2D eigenvalue weighted by Gasteiger charge is -2.40. The van der Waals surface area contributed by atoms with Crippen molar-refractivity contribution in [2.24, 2.45) is 4.99 Å². The summed E-state index contributed by atoms with van der Waals surface area (Å²) < 4.78 is 0. The topological polar surface area (TPSA) is 62.7 Å². The summed E-state index contributed by atoms with van der Waals surface area (Å²) in [6.07, 6.45) is 1.42. The molecule has 0 spiro atoms. The SMILES string of the molecule is CC1=CN2C(=NC3C2C(=O)N(Cc2ccccc2Cl)C(=O)N3C)N1CCN(C)C. The zero-order valence-electron chi connectivity index (χ0n) is 17.0. The molecule has 0 aliphatic carbocycles. The number of carbonyl (C=O) groups is 2. The molecule has 29 heavy (non-hydrogen) atoms. The quantitative estimate of drug-likeness (QED) is 0.733. The number of rotatable bonds is 5. The summed E-state index contributed by atoms with van der Waals surface area (Å²) in [5.74, 6) is 0.474. The summed E-state index contributed by atoms with van der Waals surface area (Å²) in [6.45, 7) is 3.77.